The van der Waals surface area contributed by atoms with E-state index in [9.17, 15) is 23.5 Å². The number of aliphatic hydroxyl groups is 1. The minimum atomic E-state index is -0.613. The summed E-state index contributed by atoms with van der Waals surface area (Å²) < 4.78 is 39.0. The molecule has 244 valence electrons. The van der Waals surface area contributed by atoms with Gasteiger partial charge in [0.2, 0.25) is 0 Å². The molecule has 0 aromatic heterocycles. The Hall–Kier alpha value is -4.36. The van der Waals surface area contributed by atoms with Crippen molar-refractivity contribution < 1.29 is 33.0 Å². The van der Waals surface area contributed by atoms with Crippen molar-refractivity contribution in [2.24, 2.45) is 10.8 Å². The maximum Gasteiger partial charge on any atom is 0.168 e. The Morgan fingerprint density at radius 3 is 1.35 bits per heavy atom. The molecule has 0 radical (unpaired) electrons. The van der Waals surface area contributed by atoms with Crippen LogP contribution in [0.3, 0.4) is 0 Å². The summed E-state index contributed by atoms with van der Waals surface area (Å²) in [5.41, 5.74) is 3.29. The lowest BCUT2D eigenvalue weighted by atomic mass is 9.82. The second-order valence-electron chi connectivity index (χ2n) is 13.1. The normalized spacial score (nSPS) is 11.4. The minimum absolute atomic E-state index is 0.00465. The molecule has 0 saturated carbocycles. The van der Waals surface area contributed by atoms with Crippen LogP contribution in [0.15, 0.2) is 72.8 Å². The third-order valence-electron chi connectivity index (χ3n) is 7.54. The van der Waals surface area contributed by atoms with Crippen molar-refractivity contribution >= 4 is 11.6 Å². The summed E-state index contributed by atoms with van der Waals surface area (Å²) >= 11 is 0. The number of aliphatic hydroxyl groups excluding tert-OH is 1. The molecule has 5 nitrogen and oxygen atoms in total. The zero-order valence-electron chi connectivity index (χ0n) is 28.2. The lowest BCUT2D eigenvalue weighted by molar-refractivity contribution is 0.0853. The number of rotatable bonds is 8. The summed E-state index contributed by atoms with van der Waals surface area (Å²) in [5.74, 6) is 0.190. The van der Waals surface area contributed by atoms with E-state index in [-0.39, 0.29) is 24.0 Å². The molecule has 4 aromatic rings. The third-order valence-corrected chi connectivity index (χ3v) is 7.54. The molecule has 0 aliphatic carbocycles. The molecule has 1 N–H and O–H groups in total. The van der Waals surface area contributed by atoms with Gasteiger partial charge in [-0.2, -0.15) is 0 Å². The second-order valence-corrected chi connectivity index (χ2v) is 13.1. The van der Waals surface area contributed by atoms with Gasteiger partial charge in [0.25, 0.3) is 0 Å². The van der Waals surface area contributed by atoms with E-state index in [2.05, 4.69) is 0 Å². The first-order valence-corrected chi connectivity index (χ1v) is 15.2. The van der Waals surface area contributed by atoms with Crippen LogP contribution in [0.2, 0.25) is 0 Å². The van der Waals surface area contributed by atoms with E-state index in [1.165, 1.54) is 25.3 Å². The Balaban J connectivity index is 0.000000250. The van der Waals surface area contributed by atoms with Crippen LogP contribution < -0.4 is 9.47 Å². The minimum Gasteiger partial charge on any atom is -0.497 e. The van der Waals surface area contributed by atoms with Gasteiger partial charge in [0.05, 0.1) is 20.8 Å². The maximum absolute atomic E-state index is 14.3. The van der Waals surface area contributed by atoms with E-state index in [1.807, 2.05) is 66.7 Å². The van der Waals surface area contributed by atoms with E-state index in [0.29, 0.717) is 50.4 Å². The van der Waals surface area contributed by atoms with E-state index in [0.717, 1.165) is 12.0 Å². The molecule has 0 heterocycles. The Labute approximate surface area is 271 Å². The average molecular weight is 631 g/mol. The van der Waals surface area contributed by atoms with Gasteiger partial charge in [-0.15, -0.1) is 0 Å². The SMILES string of the molecule is CCc1ccc(-c2cc(OC)ccc2F)c(C(=O)C(C)(C)C)c1.COc1ccc(F)c(-c2ccc(CO)cc2C(=O)C(C)(C)C)c1. The first kappa shape index (κ1) is 36.1. The maximum atomic E-state index is 14.3. The second kappa shape index (κ2) is 14.8. The zero-order valence-corrected chi connectivity index (χ0v) is 28.2. The van der Waals surface area contributed by atoms with Crippen LogP contribution in [-0.4, -0.2) is 30.9 Å². The molecule has 0 bridgehead atoms. The molecule has 0 fully saturated rings. The number of Topliss-reactive ketones (excluding diaryl/α,β-unsaturated/α-hetero) is 2. The Bertz CT molecular complexity index is 1580. The van der Waals surface area contributed by atoms with Crippen molar-refractivity contribution in [3.05, 3.63) is 107 Å². The standard InChI is InChI=1S/C20H23FO2.C19H21FO3/c1-6-13-7-9-15(17(11-13)19(22)20(2,3)4)16-12-14(23-5)8-10-18(16)21;1-19(2,3)18(22)16-9-12(11-21)5-7-14(16)15-10-13(23-4)6-8-17(15)20/h7-12H,6H2,1-5H3;5-10,21H,11H2,1-4H3. The topological polar surface area (TPSA) is 72.8 Å². The van der Waals surface area contributed by atoms with Gasteiger partial charge in [0.1, 0.15) is 23.1 Å². The van der Waals surface area contributed by atoms with Crippen molar-refractivity contribution in [3.8, 4) is 33.8 Å². The van der Waals surface area contributed by atoms with Crippen molar-refractivity contribution in [2.75, 3.05) is 14.2 Å². The van der Waals surface area contributed by atoms with E-state index >= 15 is 0 Å². The highest BCUT2D eigenvalue weighted by Gasteiger charge is 2.28. The highest BCUT2D eigenvalue weighted by molar-refractivity contribution is 6.06. The summed E-state index contributed by atoms with van der Waals surface area (Å²) in [4.78, 5) is 25.6. The molecule has 0 aliphatic rings. The summed E-state index contributed by atoms with van der Waals surface area (Å²) in [6.45, 7) is 12.9. The lowest BCUT2D eigenvalue weighted by Gasteiger charge is -2.20. The number of carbonyl (C=O) groups is 2. The summed E-state index contributed by atoms with van der Waals surface area (Å²) in [5, 5.41) is 9.34. The largest absolute Gasteiger partial charge is 0.497 e. The van der Waals surface area contributed by atoms with Crippen LogP contribution in [0, 0.1) is 22.5 Å². The van der Waals surface area contributed by atoms with E-state index in [4.69, 9.17) is 9.47 Å². The van der Waals surface area contributed by atoms with Crippen LogP contribution >= 0.6 is 0 Å². The van der Waals surface area contributed by atoms with Crippen molar-refractivity contribution in [1.29, 1.82) is 0 Å². The molecule has 46 heavy (non-hydrogen) atoms. The molecular formula is C39H44F2O5. The smallest absolute Gasteiger partial charge is 0.168 e. The molecule has 0 atom stereocenters. The molecule has 4 aromatic carbocycles. The fourth-order valence-corrected chi connectivity index (χ4v) is 4.83. The fraction of sp³-hybridized carbons (Fsp3) is 0.333. The molecule has 0 unspecified atom stereocenters. The predicted octanol–water partition coefficient (Wildman–Crippen LogP) is 9.51. The number of aryl methyl sites for hydroxylation is 1. The third kappa shape index (κ3) is 8.46. The molecule has 0 aliphatic heterocycles. The van der Waals surface area contributed by atoms with Crippen LogP contribution in [0.25, 0.3) is 22.3 Å². The van der Waals surface area contributed by atoms with Crippen LogP contribution in [-0.2, 0) is 13.0 Å². The zero-order chi connectivity index (χ0) is 34.4. The highest BCUT2D eigenvalue weighted by Crippen LogP contribution is 2.35. The molecule has 0 saturated heterocycles. The van der Waals surface area contributed by atoms with Crippen molar-refractivity contribution in [2.45, 2.75) is 61.5 Å². The number of carbonyl (C=O) groups excluding carboxylic acids is 2. The van der Waals surface area contributed by atoms with Gasteiger partial charge in [0.15, 0.2) is 11.6 Å². The van der Waals surface area contributed by atoms with Gasteiger partial charge < -0.3 is 14.6 Å². The van der Waals surface area contributed by atoms with E-state index in [1.54, 1.807) is 43.5 Å². The molecular weight excluding hydrogens is 586 g/mol. The van der Waals surface area contributed by atoms with E-state index < -0.39 is 16.6 Å². The Morgan fingerprint density at radius 2 is 1.00 bits per heavy atom. The van der Waals surface area contributed by atoms with Crippen LogP contribution in [0.5, 0.6) is 11.5 Å². The van der Waals surface area contributed by atoms with Gasteiger partial charge in [0, 0.05) is 33.1 Å². The Morgan fingerprint density at radius 1 is 0.609 bits per heavy atom. The summed E-state index contributed by atoms with van der Waals surface area (Å²) in [6, 6.07) is 19.6. The van der Waals surface area contributed by atoms with Crippen molar-refractivity contribution in [3.63, 3.8) is 0 Å². The van der Waals surface area contributed by atoms with Gasteiger partial charge in [-0.1, -0.05) is 72.7 Å². The monoisotopic (exact) mass is 630 g/mol. The number of hydrogen-bond acceptors (Lipinski definition) is 5. The molecule has 0 amide bonds. The number of ether oxygens (including phenoxy) is 2. The number of ketones is 2. The fourth-order valence-electron chi connectivity index (χ4n) is 4.83. The van der Waals surface area contributed by atoms with Gasteiger partial charge in [-0.3, -0.25) is 9.59 Å². The van der Waals surface area contributed by atoms with Crippen LogP contribution in [0.1, 0.15) is 80.3 Å². The average Bonchev–Trinajstić information content (AvgIpc) is 3.03. The molecule has 7 heteroatoms. The molecule has 4 rings (SSSR count). The predicted molar refractivity (Wildman–Crippen MR) is 180 cm³/mol. The first-order chi connectivity index (χ1) is 21.5. The van der Waals surface area contributed by atoms with Gasteiger partial charge in [-0.05, 0) is 77.2 Å². The van der Waals surface area contributed by atoms with Crippen LogP contribution in [0.4, 0.5) is 8.78 Å². The number of methoxy groups -OCH3 is 2. The first-order valence-electron chi connectivity index (χ1n) is 15.2. The highest BCUT2D eigenvalue weighted by atomic mass is 19.1. The number of benzene rings is 4. The molecule has 0 spiro atoms. The number of hydrogen-bond donors (Lipinski definition) is 1. The van der Waals surface area contributed by atoms with Crippen molar-refractivity contribution in [1.82, 2.24) is 0 Å². The summed E-state index contributed by atoms with van der Waals surface area (Å²) in [7, 11) is 3.05. The van der Waals surface area contributed by atoms with Gasteiger partial charge >= 0.3 is 0 Å². The quantitative estimate of drug-likeness (QED) is 0.196. The Kier molecular flexibility index (Phi) is 11.6. The number of halogens is 2. The lowest BCUT2D eigenvalue weighted by Crippen LogP contribution is -2.21. The van der Waals surface area contributed by atoms with Gasteiger partial charge in [-0.25, -0.2) is 8.78 Å². The summed E-state index contributed by atoms with van der Waals surface area (Å²) in [6.07, 6.45) is 0.825.